The summed E-state index contributed by atoms with van der Waals surface area (Å²) in [6.45, 7) is 2.17. The quantitative estimate of drug-likeness (QED) is 0.375. The van der Waals surface area contributed by atoms with Gasteiger partial charge in [-0.2, -0.15) is 0 Å². The van der Waals surface area contributed by atoms with Gasteiger partial charge < -0.3 is 5.43 Å². The van der Waals surface area contributed by atoms with Crippen molar-refractivity contribution >= 4 is 17.2 Å². The van der Waals surface area contributed by atoms with E-state index in [9.17, 15) is 0 Å². The highest BCUT2D eigenvalue weighted by molar-refractivity contribution is 7.12. The molecule has 3 nitrogen and oxygen atoms in total. The van der Waals surface area contributed by atoms with Crippen LogP contribution in [0.3, 0.4) is 0 Å². The number of aliphatic imine (C=N–C) groups is 1. The first kappa shape index (κ1) is 12.6. The second kappa shape index (κ2) is 6.17. The lowest BCUT2D eigenvalue weighted by atomic mass is 9.96. The molecule has 1 aliphatic carbocycles. The van der Waals surface area contributed by atoms with Crippen LogP contribution in [0.25, 0.3) is 0 Å². The van der Waals surface area contributed by atoms with E-state index >= 15 is 0 Å². The van der Waals surface area contributed by atoms with Crippen molar-refractivity contribution in [1.29, 1.82) is 0 Å². The molecule has 0 unspecified atom stereocenters. The molecule has 1 aromatic rings. The molecule has 0 aliphatic heterocycles. The Hall–Kier alpha value is -0.870. The van der Waals surface area contributed by atoms with E-state index in [1.165, 1.54) is 42.5 Å². The van der Waals surface area contributed by atoms with E-state index in [1.807, 2.05) is 0 Å². The average molecular weight is 251 g/mol. The van der Waals surface area contributed by atoms with E-state index in [0.717, 1.165) is 12.3 Å². The Morgan fingerprint density at radius 2 is 2.24 bits per heavy atom. The normalized spacial score (nSPS) is 18.4. The van der Waals surface area contributed by atoms with Crippen LogP contribution in [0.5, 0.6) is 0 Å². The maximum Gasteiger partial charge on any atom is 0.153 e. The standard InChI is InChI=1S/C13H21N3S/c1-2-10-8-9-17-12(10)13(16-14)15-11-6-4-3-5-7-11/h8-9,11H,2-7,14H2,1H3,(H,15,16). The fourth-order valence-electron chi connectivity index (χ4n) is 2.38. The molecule has 94 valence electrons. The molecule has 1 aliphatic rings. The molecular formula is C13H21N3S. The van der Waals surface area contributed by atoms with Crippen LogP contribution in [-0.4, -0.2) is 11.9 Å². The molecule has 0 saturated heterocycles. The van der Waals surface area contributed by atoms with Gasteiger partial charge in [-0.05, 0) is 36.3 Å². The van der Waals surface area contributed by atoms with Crippen LogP contribution >= 0.6 is 11.3 Å². The lowest BCUT2D eigenvalue weighted by molar-refractivity contribution is 0.442. The van der Waals surface area contributed by atoms with Gasteiger partial charge in [0.15, 0.2) is 5.84 Å². The fraction of sp³-hybridized carbons (Fsp3) is 0.615. The van der Waals surface area contributed by atoms with Crippen molar-refractivity contribution in [2.75, 3.05) is 0 Å². The van der Waals surface area contributed by atoms with Gasteiger partial charge in [-0.25, -0.2) is 5.84 Å². The summed E-state index contributed by atoms with van der Waals surface area (Å²) in [6, 6.07) is 2.62. The van der Waals surface area contributed by atoms with Gasteiger partial charge >= 0.3 is 0 Å². The molecule has 4 heteroatoms. The Morgan fingerprint density at radius 1 is 1.47 bits per heavy atom. The van der Waals surface area contributed by atoms with Gasteiger partial charge in [0.25, 0.3) is 0 Å². The summed E-state index contributed by atoms with van der Waals surface area (Å²) in [6.07, 6.45) is 7.41. The Balaban J connectivity index is 2.17. The Morgan fingerprint density at radius 3 is 2.88 bits per heavy atom. The summed E-state index contributed by atoms with van der Waals surface area (Å²) in [5.41, 5.74) is 4.12. The van der Waals surface area contributed by atoms with Crippen molar-refractivity contribution in [3.8, 4) is 0 Å². The van der Waals surface area contributed by atoms with E-state index in [4.69, 9.17) is 10.8 Å². The van der Waals surface area contributed by atoms with Gasteiger partial charge in [-0.15, -0.1) is 11.3 Å². The molecule has 17 heavy (non-hydrogen) atoms. The molecule has 1 aromatic heterocycles. The van der Waals surface area contributed by atoms with Crippen LogP contribution in [0.1, 0.15) is 49.5 Å². The number of nitrogens with zero attached hydrogens (tertiary/aromatic N) is 1. The van der Waals surface area contributed by atoms with Crippen molar-refractivity contribution in [3.63, 3.8) is 0 Å². The molecule has 0 amide bonds. The number of aryl methyl sites for hydroxylation is 1. The van der Waals surface area contributed by atoms with E-state index in [1.54, 1.807) is 11.3 Å². The van der Waals surface area contributed by atoms with Gasteiger partial charge in [0, 0.05) is 0 Å². The predicted molar refractivity (Wildman–Crippen MR) is 74.4 cm³/mol. The van der Waals surface area contributed by atoms with Crippen molar-refractivity contribution < 1.29 is 0 Å². The van der Waals surface area contributed by atoms with E-state index < -0.39 is 0 Å². The summed E-state index contributed by atoms with van der Waals surface area (Å²) >= 11 is 1.72. The van der Waals surface area contributed by atoms with Crippen molar-refractivity contribution in [3.05, 3.63) is 21.9 Å². The molecule has 2 rings (SSSR count). The monoisotopic (exact) mass is 251 g/mol. The van der Waals surface area contributed by atoms with Crippen LogP contribution < -0.4 is 11.3 Å². The number of amidine groups is 1. The minimum atomic E-state index is 0.460. The van der Waals surface area contributed by atoms with Crippen molar-refractivity contribution in [2.24, 2.45) is 10.8 Å². The smallest absolute Gasteiger partial charge is 0.153 e. The van der Waals surface area contributed by atoms with Crippen LogP contribution in [0.4, 0.5) is 0 Å². The molecule has 0 atom stereocenters. The summed E-state index contributed by atoms with van der Waals surface area (Å²) in [4.78, 5) is 6.00. The van der Waals surface area contributed by atoms with Crippen molar-refractivity contribution in [2.45, 2.75) is 51.5 Å². The second-order valence-electron chi connectivity index (χ2n) is 4.54. The molecule has 0 bridgehead atoms. The number of hydrogen-bond donors (Lipinski definition) is 2. The summed E-state index contributed by atoms with van der Waals surface area (Å²) in [7, 11) is 0. The highest BCUT2D eigenvalue weighted by atomic mass is 32.1. The molecule has 0 radical (unpaired) electrons. The van der Waals surface area contributed by atoms with E-state index in [0.29, 0.717) is 6.04 Å². The zero-order valence-corrected chi connectivity index (χ0v) is 11.2. The number of nitrogens with one attached hydrogen (secondary N) is 1. The van der Waals surface area contributed by atoms with Crippen LogP contribution in [-0.2, 0) is 6.42 Å². The maximum atomic E-state index is 5.63. The molecule has 1 fully saturated rings. The minimum Gasteiger partial charge on any atom is -0.308 e. The molecule has 0 aromatic carbocycles. The number of thiophene rings is 1. The zero-order valence-electron chi connectivity index (χ0n) is 10.4. The topological polar surface area (TPSA) is 50.4 Å². The van der Waals surface area contributed by atoms with Crippen LogP contribution in [0.2, 0.25) is 0 Å². The van der Waals surface area contributed by atoms with E-state index in [-0.39, 0.29) is 0 Å². The summed E-state index contributed by atoms with van der Waals surface area (Å²) in [5, 5.41) is 2.11. The molecular weight excluding hydrogens is 230 g/mol. The number of hydrogen-bond acceptors (Lipinski definition) is 3. The SMILES string of the molecule is CCc1ccsc1C(=NC1CCCCC1)NN. The van der Waals surface area contributed by atoms with Crippen LogP contribution in [0, 0.1) is 0 Å². The number of rotatable bonds is 3. The second-order valence-corrected chi connectivity index (χ2v) is 5.46. The van der Waals surface area contributed by atoms with Gasteiger partial charge in [0.1, 0.15) is 0 Å². The Kier molecular flexibility index (Phi) is 4.57. The molecule has 3 N–H and O–H groups in total. The highest BCUT2D eigenvalue weighted by Crippen LogP contribution is 2.23. The Bertz CT molecular complexity index is 378. The lowest BCUT2D eigenvalue weighted by Crippen LogP contribution is -2.32. The third kappa shape index (κ3) is 3.07. The average Bonchev–Trinajstić information content (AvgIpc) is 2.85. The largest absolute Gasteiger partial charge is 0.308 e. The third-order valence-corrected chi connectivity index (χ3v) is 4.33. The zero-order chi connectivity index (χ0) is 12.1. The number of nitrogens with two attached hydrogens (primary N) is 1. The highest BCUT2D eigenvalue weighted by Gasteiger charge is 2.15. The first-order chi connectivity index (χ1) is 8.35. The summed E-state index contributed by atoms with van der Waals surface area (Å²) in [5.74, 6) is 6.51. The van der Waals surface area contributed by atoms with Gasteiger partial charge in [0.05, 0.1) is 10.9 Å². The summed E-state index contributed by atoms with van der Waals surface area (Å²) < 4.78 is 0. The maximum absolute atomic E-state index is 5.63. The minimum absolute atomic E-state index is 0.460. The fourth-order valence-corrected chi connectivity index (χ4v) is 3.33. The van der Waals surface area contributed by atoms with Crippen molar-refractivity contribution in [1.82, 2.24) is 5.43 Å². The molecule has 1 heterocycles. The van der Waals surface area contributed by atoms with Gasteiger partial charge in [-0.3, -0.25) is 4.99 Å². The van der Waals surface area contributed by atoms with E-state index in [2.05, 4.69) is 23.8 Å². The first-order valence-electron chi connectivity index (χ1n) is 6.46. The lowest BCUT2D eigenvalue weighted by Gasteiger charge is -2.19. The first-order valence-corrected chi connectivity index (χ1v) is 7.34. The van der Waals surface area contributed by atoms with Gasteiger partial charge in [0.2, 0.25) is 0 Å². The predicted octanol–water partition coefficient (Wildman–Crippen LogP) is 2.85. The molecule has 0 spiro atoms. The third-order valence-electron chi connectivity index (χ3n) is 3.37. The number of hydrazine groups is 1. The van der Waals surface area contributed by atoms with Gasteiger partial charge in [-0.1, -0.05) is 26.2 Å². The van der Waals surface area contributed by atoms with Crippen LogP contribution in [0.15, 0.2) is 16.4 Å². The Labute approximate surface area is 107 Å². The molecule has 1 saturated carbocycles.